The molecule has 0 saturated carbocycles. The third-order valence-electron chi connectivity index (χ3n) is 3.89. The molecule has 0 saturated heterocycles. The summed E-state index contributed by atoms with van der Waals surface area (Å²) >= 11 is 1.09. The van der Waals surface area contributed by atoms with E-state index in [1.54, 1.807) is 31.2 Å². The van der Waals surface area contributed by atoms with Crippen molar-refractivity contribution in [3.8, 4) is 0 Å². The van der Waals surface area contributed by atoms with E-state index in [9.17, 15) is 23.5 Å². The number of carbonyl (C=O) groups excluding carboxylic acids is 1. The second-order valence-electron chi connectivity index (χ2n) is 5.50. The van der Waals surface area contributed by atoms with E-state index in [2.05, 4.69) is 4.99 Å². The third kappa shape index (κ3) is 3.15. The second-order valence-corrected chi connectivity index (χ2v) is 6.51. The van der Waals surface area contributed by atoms with E-state index >= 15 is 0 Å². The van der Waals surface area contributed by atoms with Gasteiger partial charge in [0.1, 0.15) is 23.2 Å². The molecule has 0 fully saturated rings. The summed E-state index contributed by atoms with van der Waals surface area (Å²) in [4.78, 5) is 27.9. The van der Waals surface area contributed by atoms with Crippen LogP contribution >= 0.6 is 11.3 Å². The van der Waals surface area contributed by atoms with Gasteiger partial charge in [-0.2, -0.15) is 4.99 Å². The number of para-hydroxylation sites is 1. The van der Waals surface area contributed by atoms with Gasteiger partial charge in [-0.1, -0.05) is 36.5 Å². The number of fused-ring (bicyclic) bond motifs is 1. The molecule has 2 aromatic carbocycles. The van der Waals surface area contributed by atoms with Gasteiger partial charge in [-0.25, -0.2) is 13.6 Å². The van der Waals surface area contributed by atoms with Crippen LogP contribution in [0.1, 0.15) is 29.7 Å². The Kier molecular flexibility index (Phi) is 4.94. The molecule has 0 radical (unpaired) electrons. The summed E-state index contributed by atoms with van der Waals surface area (Å²) in [6.07, 6.45) is 0.255. The molecule has 1 unspecified atom stereocenters. The molecule has 3 aromatic rings. The predicted molar refractivity (Wildman–Crippen MR) is 93.0 cm³/mol. The fourth-order valence-electron chi connectivity index (χ4n) is 2.68. The average Bonchev–Trinajstić information content (AvgIpc) is 2.93. The summed E-state index contributed by atoms with van der Waals surface area (Å²) in [5.74, 6) is -4.21. The Balaban J connectivity index is 2.26. The van der Waals surface area contributed by atoms with Crippen LogP contribution in [-0.4, -0.2) is 21.6 Å². The lowest BCUT2D eigenvalue weighted by Gasteiger charge is -2.13. The van der Waals surface area contributed by atoms with E-state index in [4.69, 9.17) is 0 Å². The van der Waals surface area contributed by atoms with Crippen molar-refractivity contribution in [2.45, 2.75) is 19.4 Å². The molecule has 8 heteroatoms. The van der Waals surface area contributed by atoms with Crippen LogP contribution in [0.15, 0.2) is 47.5 Å². The van der Waals surface area contributed by atoms with Crippen LogP contribution in [0, 0.1) is 11.6 Å². The first-order valence-corrected chi connectivity index (χ1v) is 8.61. The number of aliphatic carboxylic acids is 1. The number of amides is 1. The summed E-state index contributed by atoms with van der Waals surface area (Å²) in [6.45, 7) is 1.69. The number of rotatable bonds is 4. The minimum Gasteiger partial charge on any atom is -0.480 e. The van der Waals surface area contributed by atoms with Gasteiger partial charge in [0.25, 0.3) is 5.91 Å². The number of carboxylic acid groups (broad SMARTS) is 1. The quantitative estimate of drug-likeness (QED) is 0.754. The first-order chi connectivity index (χ1) is 12.4. The Hall–Kier alpha value is -2.87. The fraction of sp³-hybridized carbons (Fsp3) is 0.167. The summed E-state index contributed by atoms with van der Waals surface area (Å²) in [5.41, 5.74) is -0.174. The van der Waals surface area contributed by atoms with Crippen LogP contribution in [0.25, 0.3) is 10.2 Å². The molecule has 1 amide bonds. The maximum absolute atomic E-state index is 13.8. The summed E-state index contributed by atoms with van der Waals surface area (Å²) in [7, 11) is 0. The molecule has 26 heavy (non-hydrogen) atoms. The van der Waals surface area contributed by atoms with Crippen LogP contribution in [0.4, 0.5) is 8.78 Å². The molecule has 0 bridgehead atoms. The highest BCUT2D eigenvalue weighted by atomic mass is 32.1. The van der Waals surface area contributed by atoms with Crippen molar-refractivity contribution in [1.82, 2.24) is 4.57 Å². The number of thiazole rings is 1. The Morgan fingerprint density at radius 3 is 2.42 bits per heavy atom. The second kappa shape index (κ2) is 7.17. The summed E-state index contributed by atoms with van der Waals surface area (Å²) in [6, 6.07) is 9.12. The van der Waals surface area contributed by atoms with Crippen LogP contribution in [0.3, 0.4) is 0 Å². The Labute approximate surface area is 150 Å². The lowest BCUT2D eigenvalue weighted by molar-refractivity contribution is -0.140. The molecule has 0 aliphatic heterocycles. The molecule has 0 spiro atoms. The van der Waals surface area contributed by atoms with Gasteiger partial charge in [0.2, 0.25) is 0 Å². The average molecular weight is 376 g/mol. The number of carbonyl (C=O) groups is 2. The van der Waals surface area contributed by atoms with Crippen LogP contribution in [0.5, 0.6) is 0 Å². The lowest BCUT2D eigenvalue weighted by atomic mass is 10.2. The molecule has 1 atom stereocenters. The van der Waals surface area contributed by atoms with Gasteiger partial charge in [0.15, 0.2) is 4.80 Å². The number of hydrogen-bond donors (Lipinski definition) is 1. The highest BCUT2D eigenvalue weighted by Gasteiger charge is 2.23. The third-order valence-corrected chi connectivity index (χ3v) is 4.93. The topological polar surface area (TPSA) is 71.7 Å². The normalized spacial score (nSPS) is 13.1. The van der Waals surface area contributed by atoms with Crippen molar-refractivity contribution in [3.63, 3.8) is 0 Å². The van der Waals surface area contributed by atoms with Crippen LogP contribution in [0.2, 0.25) is 0 Å². The molecule has 5 nitrogen and oxygen atoms in total. The highest BCUT2D eigenvalue weighted by molar-refractivity contribution is 7.16. The molecular weight excluding hydrogens is 362 g/mol. The zero-order chi connectivity index (χ0) is 18.8. The van der Waals surface area contributed by atoms with Crippen LogP contribution in [-0.2, 0) is 4.79 Å². The first-order valence-electron chi connectivity index (χ1n) is 7.80. The van der Waals surface area contributed by atoms with Gasteiger partial charge in [0, 0.05) is 0 Å². The molecule has 134 valence electrons. The minimum atomic E-state index is -1.10. The monoisotopic (exact) mass is 376 g/mol. The van der Waals surface area contributed by atoms with E-state index in [0.717, 1.165) is 29.5 Å². The molecule has 3 rings (SSSR count). The number of hydrogen-bond acceptors (Lipinski definition) is 3. The Bertz CT molecular complexity index is 1050. The van der Waals surface area contributed by atoms with Crippen molar-refractivity contribution in [1.29, 1.82) is 0 Å². The fourth-order valence-corrected chi connectivity index (χ4v) is 3.75. The van der Waals surface area contributed by atoms with Crippen molar-refractivity contribution in [2.24, 2.45) is 4.99 Å². The highest BCUT2D eigenvalue weighted by Crippen LogP contribution is 2.23. The maximum Gasteiger partial charge on any atom is 0.326 e. The standard InChI is InChI=1S/C18H14F2N2O3S/c1-2-12(17(24)25)22-13-8-3-4-9-14(13)26-18(22)21-16(23)15-10(19)6-5-7-11(15)20/h3-9,12H,2H2,1H3,(H,24,25). The Morgan fingerprint density at radius 1 is 1.15 bits per heavy atom. The number of nitrogens with zero attached hydrogens (tertiary/aromatic N) is 2. The zero-order valence-corrected chi connectivity index (χ0v) is 14.5. The van der Waals surface area contributed by atoms with Crippen molar-refractivity contribution in [2.75, 3.05) is 0 Å². The number of halogens is 2. The Morgan fingerprint density at radius 2 is 1.81 bits per heavy atom. The molecule has 1 heterocycles. The lowest BCUT2D eigenvalue weighted by Crippen LogP contribution is -2.27. The van der Waals surface area contributed by atoms with Gasteiger partial charge in [-0.15, -0.1) is 0 Å². The van der Waals surface area contributed by atoms with Crippen LogP contribution < -0.4 is 4.80 Å². The maximum atomic E-state index is 13.8. The van der Waals surface area contributed by atoms with Gasteiger partial charge in [-0.3, -0.25) is 4.79 Å². The first kappa shape index (κ1) is 17.9. The minimum absolute atomic E-state index is 0.0769. The number of benzene rings is 2. The smallest absolute Gasteiger partial charge is 0.326 e. The molecular formula is C18H14F2N2O3S. The molecule has 1 aromatic heterocycles. The predicted octanol–water partition coefficient (Wildman–Crippen LogP) is 3.76. The SMILES string of the molecule is CCC(C(=O)O)n1c(=NC(=O)c2c(F)cccc2F)sc2ccccc21. The molecule has 0 aliphatic rings. The van der Waals surface area contributed by atoms with Gasteiger partial charge >= 0.3 is 5.97 Å². The molecule has 1 N–H and O–H groups in total. The van der Waals surface area contributed by atoms with E-state index in [1.165, 1.54) is 4.57 Å². The van der Waals surface area contributed by atoms with Gasteiger partial charge in [-0.05, 0) is 30.7 Å². The van der Waals surface area contributed by atoms with Crippen molar-refractivity contribution < 1.29 is 23.5 Å². The van der Waals surface area contributed by atoms with Crippen molar-refractivity contribution >= 4 is 33.4 Å². The van der Waals surface area contributed by atoms with Gasteiger partial charge in [0.05, 0.1) is 10.2 Å². The summed E-state index contributed by atoms with van der Waals surface area (Å²) in [5, 5.41) is 9.51. The summed E-state index contributed by atoms with van der Waals surface area (Å²) < 4.78 is 29.8. The number of carboxylic acids is 1. The largest absolute Gasteiger partial charge is 0.480 e. The van der Waals surface area contributed by atoms with E-state index < -0.39 is 35.1 Å². The molecule has 0 aliphatic carbocycles. The van der Waals surface area contributed by atoms with Gasteiger partial charge < -0.3 is 9.67 Å². The number of aromatic nitrogens is 1. The zero-order valence-electron chi connectivity index (χ0n) is 13.6. The van der Waals surface area contributed by atoms with Crippen molar-refractivity contribution in [3.05, 3.63) is 64.5 Å². The van der Waals surface area contributed by atoms with E-state index in [1.807, 2.05) is 0 Å². The van der Waals surface area contributed by atoms with E-state index in [-0.39, 0.29) is 11.2 Å². The van der Waals surface area contributed by atoms with E-state index in [0.29, 0.717) is 10.2 Å².